The maximum absolute atomic E-state index is 10.7. The van der Waals surface area contributed by atoms with Crippen molar-refractivity contribution in [1.29, 1.82) is 0 Å². The molecule has 0 aliphatic carbocycles. The summed E-state index contributed by atoms with van der Waals surface area (Å²) >= 11 is 0. The molecule has 0 aromatic rings. The first-order valence-corrected chi connectivity index (χ1v) is 3.10. The lowest BCUT2D eigenvalue weighted by atomic mass is 9.79. The maximum Gasteiger partial charge on any atom is 0.227 e. The second kappa shape index (κ2) is 1.70. The van der Waals surface area contributed by atoms with E-state index in [9.17, 15) is 4.79 Å². The van der Waals surface area contributed by atoms with Gasteiger partial charge in [0.25, 0.3) is 0 Å². The van der Waals surface area contributed by atoms with Gasteiger partial charge in [-0.25, -0.2) is 0 Å². The molecule has 1 saturated heterocycles. The monoisotopic (exact) mass is 128 g/mol. The topological polar surface area (TPSA) is 55.1 Å². The van der Waals surface area contributed by atoms with Crippen molar-refractivity contribution in [3.8, 4) is 0 Å². The van der Waals surface area contributed by atoms with Crippen LogP contribution in [0, 0.1) is 5.92 Å². The molecule has 9 heavy (non-hydrogen) atoms. The minimum atomic E-state index is -0.0637. The molecule has 1 rings (SSSR count). The van der Waals surface area contributed by atoms with Gasteiger partial charge in [0.05, 0.1) is 5.92 Å². The summed E-state index contributed by atoms with van der Waals surface area (Å²) in [6.07, 6.45) is 0. The van der Waals surface area contributed by atoms with Crippen LogP contribution >= 0.6 is 0 Å². The number of nitrogens with one attached hydrogen (secondary N) is 1. The normalized spacial score (nSPS) is 31.0. The van der Waals surface area contributed by atoms with Gasteiger partial charge in [0.2, 0.25) is 5.91 Å². The molecule has 3 heteroatoms. The van der Waals surface area contributed by atoms with E-state index >= 15 is 0 Å². The summed E-state index contributed by atoms with van der Waals surface area (Å²) in [5.74, 6) is 0.111. The first-order chi connectivity index (χ1) is 4.08. The molecule has 1 unspecified atom stereocenters. The Morgan fingerprint density at radius 3 is 2.44 bits per heavy atom. The Morgan fingerprint density at radius 1 is 1.78 bits per heavy atom. The number of hydrogen-bond acceptors (Lipinski definition) is 2. The molecule has 1 aliphatic rings. The molecule has 0 aromatic carbocycles. The average molecular weight is 128 g/mol. The highest BCUT2D eigenvalue weighted by atomic mass is 16.2. The number of nitrogens with two attached hydrogens (primary N) is 1. The molecule has 52 valence electrons. The van der Waals surface area contributed by atoms with Gasteiger partial charge in [-0.05, 0) is 13.8 Å². The second-order valence-electron chi connectivity index (χ2n) is 3.00. The zero-order valence-electron chi connectivity index (χ0n) is 5.77. The quantitative estimate of drug-likeness (QED) is 0.466. The van der Waals surface area contributed by atoms with Crippen LogP contribution in [0.1, 0.15) is 13.8 Å². The Kier molecular flexibility index (Phi) is 1.24. The van der Waals surface area contributed by atoms with Crippen molar-refractivity contribution in [3.05, 3.63) is 0 Å². The van der Waals surface area contributed by atoms with Crippen molar-refractivity contribution in [2.45, 2.75) is 19.4 Å². The number of carbonyl (C=O) groups excluding carboxylic acids is 1. The SMILES string of the molecule is CC1(C)NC(=O)C1CN. The lowest BCUT2D eigenvalue weighted by Crippen LogP contribution is -2.67. The van der Waals surface area contributed by atoms with E-state index in [2.05, 4.69) is 5.32 Å². The van der Waals surface area contributed by atoms with Gasteiger partial charge in [-0.15, -0.1) is 0 Å². The van der Waals surface area contributed by atoms with Crippen LogP contribution in [0.25, 0.3) is 0 Å². The summed E-state index contributed by atoms with van der Waals surface area (Å²) in [6, 6.07) is 0. The summed E-state index contributed by atoms with van der Waals surface area (Å²) in [7, 11) is 0. The molecule has 0 bridgehead atoms. The van der Waals surface area contributed by atoms with E-state index in [0.717, 1.165) is 0 Å². The van der Waals surface area contributed by atoms with E-state index in [1.165, 1.54) is 0 Å². The molecule has 3 N–H and O–H groups in total. The third-order valence-electron chi connectivity index (χ3n) is 1.87. The molecular formula is C6H12N2O. The van der Waals surface area contributed by atoms with E-state index in [4.69, 9.17) is 5.73 Å². The van der Waals surface area contributed by atoms with Crippen LogP contribution in [0.4, 0.5) is 0 Å². The van der Waals surface area contributed by atoms with Crippen LogP contribution in [0.2, 0.25) is 0 Å². The van der Waals surface area contributed by atoms with Gasteiger partial charge in [0.15, 0.2) is 0 Å². The van der Waals surface area contributed by atoms with E-state index in [-0.39, 0.29) is 17.4 Å². The highest BCUT2D eigenvalue weighted by Gasteiger charge is 2.44. The number of carbonyl (C=O) groups is 1. The van der Waals surface area contributed by atoms with Crippen molar-refractivity contribution in [3.63, 3.8) is 0 Å². The molecule has 0 spiro atoms. The lowest BCUT2D eigenvalue weighted by molar-refractivity contribution is -0.138. The van der Waals surface area contributed by atoms with Crippen molar-refractivity contribution < 1.29 is 4.79 Å². The van der Waals surface area contributed by atoms with E-state index < -0.39 is 0 Å². The van der Waals surface area contributed by atoms with Gasteiger partial charge in [-0.2, -0.15) is 0 Å². The van der Waals surface area contributed by atoms with Crippen LogP contribution in [0.3, 0.4) is 0 Å². The zero-order chi connectivity index (χ0) is 7.07. The molecule has 0 radical (unpaired) electrons. The molecule has 1 amide bonds. The maximum atomic E-state index is 10.7. The summed E-state index contributed by atoms with van der Waals surface area (Å²) in [4.78, 5) is 10.7. The van der Waals surface area contributed by atoms with Crippen LogP contribution in [-0.2, 0) is 4.79 Å². The Bertz CT molecular complexity index is 142. The summed E-state index contributed by atoms with van der Waals surface area (Å²) in [5, 5.41) is 2.76. The fraction of sp³-hybridized carbons (Fsp3) is 0.833. The predicted octanol–water partition coefficient (Wildman–Crippen LogP) is -0.530. The largest absolute Gasteiger partial charge is 0.350 e. The Balaban J connectivity index is 2.58. The fourth-order valence-corrected chi connectivity index (χ4v) is 1.14. The van der Waals surface area contributed by atoms with Crippen molar-refractivity contribution >= 4 is 5.91 Å². The number of amides is 1. The number of β-lactam (4-membered cyclic amide) rings is 1. The van der Waals surface area contributed by atoms with Crippen LogP contribution in [0.5, 0.6) is 0 Å². The lowest BCUT2D eigenvalue weighted by Gasteiger charge is -2.43. The van der Waals surface area contributed by atoms with Gasteiger partial charge in [0.1, 0.15) is 0 Å². The van der Waals surface area contributed by atoms with E-state index in [0.29, 0.717) is 6.54 Å². The van der Waals surface area contributed by atoms with Gasteiger partial charge >= 0.3 is 0 Å². The minimum absolute atomic E-state index is 0.0255. The average Bonchev–Trinajstić information content (AvgIpc) is 1.63. The Labute approximate surface area is 54.6 Å². The van der Waals surface area contributed by atoms with Crippen LogP contribution in [0.15, 0.2) is 0 Å². The van der Waals surface area contributed by atoms with Gasteiger partial charge in [-0.1, -0.05) is 0 Å². The summed E-state index contributed by atoms with van der Waals surface area (Å²) < 4.78 is 0. The van der Waals surface area contributed by atoms with Crippen molar-refractivity contribution in [2.75, 3.05) is 6.54 Å². The molecule has 1 fully saturated rings. The van der Waals surface area contributed by atoms with E-state index in [1.807, 2.05) is 13.8 Å². The predicted molar refractivity (Wildman–Crippen MR) is 34.8 cm³/mol. The van der Waals surface area contributed by atoms with Gasteiger partial charge in [-0.3, -0.25) is 4.79 Å². The highest BCUT2D eigenvalue weighted by molar-refractivity contribution is 5.87. The molecular weight excluding hydrogens is 116 g/mol. The number of rotatable bonds is 1. The first-order valence-electron chi connectivity index (χ1n) is 3.10. The third kappa shape index (κ3) is 0.812. The molecule has 0 aromatic heterocycles. The summed E-state index contributed by atoms with van der Waals surface area (Å²) in [6.45, 7) is 4.41. The van der Waals surface area contributed by atoms with Gasteiger partial charge < -0.3 is 11.1 Å². The standard InChI is InChI=1S/C6H12N2O/c1-6(2)4(3-7)5(9)8-6/h4H,3,7H2,1-2H3,(H,8,9). The highest BCUT2D eigenvalue weighted by Crippen LogP contribution is 2.24. The molecule has 3 nitrogen and oxygen atoms in total. The van der Waals surface area contributed by atoms with Crippen molar-refractivity contribution in [1.82, 2.24) is 5.32 Å². The molecule has 1 atom stereocenters. The zero-order valence-corrected chi connectivity index (χ0v) is 5.77. The molecule has 1 aliphatic heterocycles. The Hall–Kier alpha value is -0.570. The molecule has 0 saturated carbocycles. The van der Waals surface area contributed by atoms with Crippen molar-refractivity contribution in [2.24, 2.45) is 11.7 Å². The molecule has 1 heterocycles. The smallest absolute Gasteiger partial charge is 0.227 e. The fourth-order valence-electron chi connectivity index (χ4n) is 1.14. The first kappa shape index (κ1) is 6.55. The Morgan fingerprint density at radius 2 is 2.33 bits per heavy atom. The minimum Gasteiger partial charge on any atom is -0.350 e. The van der Waals surface area contributed by atoms with Crippen LogP contribution < -0.4 is 11.1 Å². The second-order valence-corrected chi connectivity index (χ2v) is 3.00. The van der Waals surface area contributed by atoms with Gasteiger partial charge in [0, 0.05) is 12.1 Å². The summed E-state index contributed by atoms with van der Waals surface area (Å²) in [5.41, 5.74) is 5.28. The number of hydrogen-bond donors (Lipinski definition) is 2. The van der Waals surface area contributed by atoms with E-state index in [1.54, 1.807) is 0 Å². The third-order valence-corrected chi connectivity index (χ3v) is 1.87. The van der Waals surface area contributed by atoms with Crippen LogP contribution in [-0.4, -0.2) is 18.0 Å².